The molecule has 0 bridgehead atoms. The molecular formula is C10H15F3N4O. The number of halogens is 3. The molecule has 0 aliphatic heterocycles. The maximum absolute atomic E-state index is 12.6. The Kier molecular flexibility index (Phi) is 5.14. The molecule has 1 aromatic heterocycles. The van der Waals surface area contributed by atoms with Gasteiger partial charge in [0.1, 0.15) is 5.82 Å². The molecule has 1 heterocycles. The summed E-state index contributed by atoms with van der Waals surface area (Å²) in [7, 11) is 0. The van der Waals surface area contributed by atoms with E-state index in [2.05, 4.69) is 20.6 Å². The molecule has 0 atom stereocenters. The molecular weight excluding hydrogens is 249 g/mol. The quantitative estimate of drug-likeness (QED) is 0.682. The van der Waals surface area contributed by atoms with Crippen molar-refractivity contribution >= 4 is 11.8 Å². The van der Waals surface area contributed by atoms with Crippen molar-refractivity contribution in [1.82, 2.24) is 9.97 Å². The highest BCUT2D eigenvalue weighted by molar-refractivity contribution is 5.43. The van der Waals surface area contributed by atoms with Crippen LogP contribution >= 0.6 is 0 Å². The van der Waals surface area contributed by atoms with Crippen molar-refractivity contribution in [2.75, 3.05) is 30.3 Å². The lowest BCUT2D eigenvalue weighted by molar-refractivity contribution is -0.141. The van der Waals surface area contributed by atoms with Crippen molar-refractivity contribution in [1.29, 1.82) is 0 Å². The predicted molar refractivity (Wildman–Crippen MR) is 61.4 cm³/mol. The molecule has 0 amide bonds. The number of nitrogens with zero attached hydrogens (tertiary/aromatic N) is 2. The SMILES string of the molecule is CCNc1cc(C(F)(F)F)nc(NCCCO)n1. The van der Waals surface area contributed by atoms with Gasteiger partial charge in [0.05, 0.1) is 0 Å². The molecule has 0 saturated carbocycles. The van der Waals surface area contributed by atoms with Gasteiger partial charge in [-0.2, -0.15) is 18.2 Å². The lowest BCUT2D eigenvalue weighted by atomic mass is 10.3. The third kappa shape index (κ3) is 4.36. The first kappa shape index (κ1) is 14.5. The van der Waals surface area contributed by atoms with Gasteiger partial charge in [0.15, 0.2) is 5.69 Å². The Bertz CT molecular complexity index is 384. The van der Waals surface area contributed by atoms with Crippen LogP contribution in [0.1, 0.15) is 19.0 Å². The fourth-order valence-electron chi connectivity index (χ4n) is 1.22. The van der Waals surface area contributed by atoms with Crippen LogP contribution in [0.2, 0.25) is 0 Å². The molecule has 18 heavy (non-hydrogen) atoms. The van der Waals surface area contributed by atoms with E-state index in [-0.39, 0.29) is 18.4 Å². The van der Waals surface area contributed by atoms with Gasteiger partial charge in [0, 0.05) is 25.8 Å². The van der Waals surface area contributed by atoms with Crippen molar-refractivity contribution in [3.8, 4) is 0 Å². The second kappa shape index (κ2) is 6.39. The number of aliphatic hydroxyl groups excluding tert-OH is 1. The minimum atomic E-state index is -4.51. The smallest absolute Gasteiger partial charge is 0.396 e. The summed E-state index contributed by atoms with van der Waals surface area (Å²) in [5.74, 6) is 0.0144. The van der Waals surface area contributed by atoms with Crippen molar-refractivity contribution in [2.45, 2.75) is 19.5 Å². The van der Waals surface area contributed by atoms with Gasteiger partial charge in [-0.1, -0.05) is 0 Å². The molecule has 0 fully saturated rings. The Morgan fingerprint density at radius 3 is 2.56 bits per heavy atom. The topological polar surface area (TPSA) is 70.1 Å². The molecule has 1 aromatic rings. The number of nitrogens with one attached hydrogen (secondary N) is 2. The van der Waals surface area contributed by atoms with Gasteiger partial charge in [-0.25, -0.2) is 4.98 Å². The van der Waals surface area contributed by atoms with Crippen LogP contribution in [0.15, 0.2) is 6.07 Å². The molecule has 0 unspecified atom stereocenters. The van der Waals surface area contributed by atoms with Gasteiger partial charge in [-0.3, -0.25) is 0 Å². The number of aromatic nitrogens is 2. The van der Waals surface area contributed by atoms with Gasteiger partial charge in [-0.05, 0) is 13.3 Å². The van der Waals surface area contributed by atoms with Gasteiger partial charge in [-0.15, -0.1) is 0 Å². The largest absolute Gasteiger partial charge is 0.433 e. The van der Waals surface area contributed by atoms with Crippen LogP contribution in [0, 0.1) is 0 Å². The molecule has 0 aliphatic rings. The molecule has 102 valence electrons. The molecule has 0 saturated heterocycles. The van der Waals surface area contributed by atoms with E-state index in [4.69, 9.17) is 5.11 Å². The summed E-state index contributed by atoms with van der Waals surface area (Å²) >= 11 is 0. The van der Waals surface area contributed by atoms with Crippen LogP contribution in [0.5, 0.6) is 0 Å². The van der Waals surface area contributed by atoms with E-state index in [1.54, 1.807) is 6.92 Å². The highest BCUT2D eigenvalue weighted by Gasteiger charge is 2.33. The van der Waals surface area contributed by atoms with Crippen LogP contribution in [0.3, 0.4) is 0 Å². The summed E-state index contributed by atoms with van der Waals surface area (Å²) in [6.07, 6.45) is -4.10. The zero-order valence-corrected chi connectivity index (χ0v) is 9.88. The Balaban J connectivity index is 2.91. The first-order valence-electron chi connectivity index (χ1n) is 5.52. The van der Waals surface area contributed by atoms with Crippen LogP contribution < -0.4 is 10.6 Å². The van der Waals surface area contributed by atoms with Crippen LogP contribution in [0.4, 0.5) is 24.9 Å². The number of aliphatic hydroxyl groups is 1. The maximum atomic E-state index is 12.6. The van der Waals surface area contributed by atoms with Crippen molar-refractivity contribution in [2.24, 2.45) is 0 Å². The fraction of sp³-hybridized carbons (Fsp3) is 0.600. The van der Waals surface area contributed by atoms with Crippen molar-refractivity contribution < 1.29 is 18.3 Å². The maximum Gasteiger partial charge on any atom is 0.433 e. The molecule has 0 spiro atoms. The third-order valence-electron chi connectivity index (χ3n) is 1.99. The summed E-state index contributed by atoms with van der Waals surface area (Å²) in [6, 6.07) is 0.862. The fourth-order valence-corrected chi connectivity index (χ4v) is 1.22. The second-order valence-corrected chi connectivity index (χ2v) is 3.49. The normalized spacial score (nSPS) is 11.4. The molecule has 5 nitrogen and oxygen atoms in total. The van der Waals surface area contributed by atoms with Gasteiger partial charge < -0.3 is 15.7 Å². The minimum absolute atomic E-state index is 0.0496. The molecule has 0 radical (unpaired) electrons. The van der Waals surface area contributed by atoms with Crippen molar-refractivity contribution in [3.63, 3.8) is 0 Å². The van der Waals surface area contributed by atoms with Crippen molar-refractivity contribution in [3.05, 3.63) is 11.8 Å². The first-order chi connectivity index (χ1) is 8.47. The predicted octanol–water partition coefficient (Wildman–Crippen LogP) is 1.72. The lowest BCUT2D eigenvalue weighted by Crippen LogP contribution is -2.15. The monoisotopic (exact) mass is 264 g/mol. The zero-order valence-electron chi connectivity index (χ0n) is 9.88. The van der Waals surface area contributed by atoms with E-state index >= 15 is 0 Å². The average molecular weight is 264 g/mol. The first-order valence-corrected chi connectivity index (χ1v) is 5.52. The molecule has 3 N–H and O–H groups in total. The highest BCUT2D eigenvalue weighted by Crippen LogP contribution is 2.29. The Morgan fingerprint density at radius 1 is 1.28 bits per heavy atom. The summed E-state index contributed by atoms with van der Waals surface area (Å²) < 4.78 is 37.8. The molecule has 0 aromatic carbocycles. The number of hydrogen-bond donors (Lipinski definition) is 3. The van der Waals surface area contributed by atoms with E-state index in [0.717, 1.165) is 6.07 Å². The molecule has 1 rings (SSSR count). The van der Waals surface area contributed by atoms with E-state index in [9.17, 15) is 13.2 Å². The summed E-state index contributed by atoms with van der Waals surface area (Å²) in [5, 5.41) is 13.9. The zero-order chi connectivity index (χ0) is 13.6. The van der Waals surface area contributed by atoms with Gasteiger partial charge in [0.2, 0.25) is 5.95 Å². The number of alkyl halides is 3. The standard InChI is InChI=1S/C10H15F3N4O/c1-2-14-8-6-7(10(11,12)13)16-9(17-8)15-4-3-5-18/h6,18H,2-5H2,1H3,(H2,14,15,16,17). The number of anilines is 2. The Morgan fingerprint density at radius 2 is 2.00 bits per heavy atom. The lowest BCUT2D eigenvalue weighted by Gasteiger charge is -2.11. The summed E-state index contributed by atoms with van der Waals surface area (Å²) in [5.41, 5.74) is -1.00. The summed E-state index contributed by atoms with van der Waals surface area (Å²) in [4.78, 5) is 7.28. The summed E-state index contributed by atoms with van der Waals surface area (Å²) in [6.45, 7) is 2.48. The Labute approximate surface area is 102 Å². The van der Waals surface area contributed by atoms with Crippen LogP contribution in [0.25, 0.3) is 0 Å². The van der Waals surface area contributed by atoms with Gasteiger partial charge >= 0.3 is 6.18 Å². The minimum Gasteiger partial charge on any atom is -0.396 e. The average Bonchev–Trinajstić information content (AvgIpc) is 2.28. The van der Waals surface area contributed by atoms with Gasteiger partial charge in [0.25, 0.3) is 0 Å². The highest BCUT2D eigenvalue weighted by atomic mass is 19.4. The molecule has 0 aliphatic carbocycles. The van der Waals surface area contributed by atoms with E-state index in [0.29, 0.717) is 19.5 Å². The van der Waals surface area contributed by atoms with E-state index in [1.807, 2.05) is 0 Å². The van der Waals surface area contributed by atoms with Crippen LogP contribution in [-0.2, 0) is 6.18 Å². The van der Waals surface area contributed by atoms with Crippen LogP contribution in [-0.4, -0.2) is 34.8 Å². The number of rotatable bonds is 6. The molecule has 8 heteroatoms. The second-order valence-electron chi connectivity index (χ2n) is 3.49. The third-order valence-corrected chi connectivity index (χ3v) is 1.99. The van der Waals surface area contributed by atoms with E-state index < -0.39 is 11.9 Å². The Hall–Kier alpha value is -1.57. The number of hydrogen-bond acceptors (Lipinski definition) is 5. The van der Waals surface area contributed by atoms with E-state index in [1.165, 1.54) is 0 Å².